The maximum atomic E-state index is 12.0. The van der Waals surface area contributed by atoms with E-state index in [2.05, 4.69) is 9.97 Å². The first-order chi connectivity index (χ1) is 11.6. The van der Waals surface area contributed by atoms with E-state index in [1.807, 2.05) is 0 Å². The molecule has 0 spiro atoms. The van der Waals surface area contributed by atoms with Gasteiger partial charge < -0.3 is 19.9 Å². The molecule has 3 aromatic rings. The number of nitrogen functional groups attached to an aromatic ring is 1. The van der Waals surface area contributed by atoms with E-state index >= 15 is 0 Å². The van der Waals surface area contributed by atoms with Crippen LogP contribution in [0.1, 0.15) is 10.4 Å². The Bertz CT molecular complexity index is 894. The molecule has 0 saturated carbocycles. The summed E-state index contributed by atoms with van der Waals surface area (Å²) in [6, 6.07) is 8.32. The third kappa shape index (κ3) is 2.91. The van der Waals surface area contributed by atoms with Gasteiger partial charge in [0.15, 0.2) is 0 Å². The van der Waals surface area contributed by atoms with E-state index in [0.717, 1.165) is 0 Å². The van der Waals surface area contributed by atoms with E-state index in [-0.39, 0.29) is 5.56 Å². The van der Waals surface area contributed by atoms with Crippen molar-refractivity contribution in [1.82, 2.24) is 9.97 Å². The maximum Gasteiger partial charge on any atom is 0.341 e. The van der Waals surface area contributed by atoms with Gasteiger partial charge in [-0.1, -0.05) is 0 Å². The number of anilines is 1. The first-order valence-electron chi connectivity index (χ1n) is 7.07. The molecule has 0 aliphatic heterocycles. The number of benzene rings is 1. The molecule has 0 aliphatic carbocycles. The molecule has 0 bridgehead atoms. The molecule has 0 atom stereocenters. The molecular formula is C17H15N3O4. The van der Waals surface area contributed by atoms with Crippen LogP contribution in [-0.2, 0) is 4.74 Å². The van der Waals surface area contributed by atoms with Crippen molar-refractivity contribution in [1.29, 1.82) is 0 Å². The third-order valence-corrected chi connectivity index (χ3v) is 3.40. The number of aromatic nitrogens is 2. The predicted molar refractivity (Wildman–Crippen MR) is 88.4 cm³/mol. The normalized spacial score (nSPS) is 10.4. The Balaban J connectivity index is 2.11. The summed E-state index contributed by atoms with van der Waals surface area (Å²) >= 11 is 0. The molecule has 0 aliphatic rings. The molecule has 3 rings (SSSR count). The number of ether oxygens (including phenoxy) is 3. The topological polar surface area (TPSA) is 96.6 Å². The molecule has 2 aromatic heterocycles. The molecule has 2 N–H and O–H groups in total. The van der Waals surface area contributed by atoms with Crippen LogP contribution in [0, 0.1) is 0 Å². The lowest BCUT2D eigenvalue weighted by Crippen LogP contribution is -2.04. The van der Waals surface area contributed by atoms with Crippen molar-refractivity contribution < 1.29 is 19.0 Å². The Hall–Kier alpha value is -3.35. The lowest BCUT2D eigenvalue weighted by molar-refractivity contribution is 0.0597. The van der Waals surface area contributed by atoms with Crippen LogP contribution >= 0.6 is 0 Å². The van der Waals surface area contributed by atoms with Gasteiger partial charge in [-0.3, -0.25) is 4.98 Å². The number of carbonyl (C=O) groups is 1. The van der Waals surface area contributed by atoms with Gasteiger partial charge in [0.05, 0.1) is 31.6 Å². The number of hydrogen-bond donors (Lipinski definition) is 1. The highest BCUT2D eigenvalue weighted by Gasteiger charge is 2.17. The van der Waals surface area contributed by atoms with Gasteiger partial charge in [0.25, 0.3) is 0 Å². The minimum absolute atomic E-state index is 0.288. The van der Waals surface area contributed by atoms with Crippen molar-refractivity contribution in [3.63, 3.8) is 0 Å². The summed E-state index contributed by atoms with van der Waals surface area (Å²) in [5, 5.41) is 0.636. The highest BCUT2D eigenvalue weighted by Crippen LogP contribution is 2.33. The molecule has 2 heterocycles. The zero-order valence-electron chi connectivity index (χ0n) is 13.1. The Morgan fingerprint density at radius 1 is 1.08 bits per heavy atom. The number of carbonyl (C=O) groups excluding carboxylic acids is 1. The SMILES string of the molecule is COC(=O)c1cc2c(Oc3ccc(N)cn3)ccnc2cc1OC. The van der Waals surface area contributed by atoms with E-state index in [1.54, 1.807) is 36.5 Å². The van der Waals surface area contributed by atoms with Gasteiger partial charge in [0.1, 0.15) is 17.1 Å². The summed E-state index contributed by atoms with van der Waals surface area (Å²) in [5.41, 5.74) is 7.06. The summed E-state index contributed by atoms with van der Waals surface area (Å²) in [4.78, 5) is 20.3. The van der Waals surface area contributed by atoms with Crippen molar-refractivity contribution in [2.45, 2.75) is 0 Å². The van der Waals surface area contributed by atoms with Crippen LogP contribution < -0.4 is 15.2 Å². The summed E-state index contributed by atoms with van der Waals surface area (Å²) < 4.78 is 15.8. The first-order valence-corrected chi connectivity index (χ1v) is 7.07. The minimum Gasteiger partial charge on any atom is -0.496 e. The largest absolute Gasteiger partial charge is 0.496 e. The maximum absolute atomic E-state index is 12.0. The van der Waals surface area contributed by atoms with E-state index in [1.165, 1.54) is 20.4 Å². The lowest BCUT2D eigenvalue weighted by atomic mass is 10.1. The van der Waals surface area contributed by atoms with E-state index in [0.29, 0.717) is 34.0 Å². The summed E-state index contributed by atoms with van der Waals surface area (Å²) in [6.45, 7) is 0. The molecule has 0 unspecified atom stereocenters. The molecule has 24 heavy (non-hydrogen) atoms. The lowest BCUT2D eigenvalue weighted by Gasteiger charge is -2.11. The molecule has 0 amide bonds. The fourth-order valence-electron chi connectivity index (χ4n) is 2.24. The molecule has 122 valence electrons. The number of nitrogens with two attached hydrogens (primary N) is 1. The zero-order valence-corrected chi connectivity index (χ0v) is 13.1. The second-order valence-corrected chi connectivity index (χ2v) is 4.90. The second-order valence-electron chi connectivity index (χ2n) is 4.90. The van der Waals surface area contributed by atoms with Crippen LogP contribution in [0.2, 0.25) is 0 Å². The van der Waals surface area contributed by atoms with Crippen LogP contribution in [0.4, 0.5) is 5.69 Å². The molecule has 7 heteroatoms. The van der Waals surface area contributed by atoms with E-state index < -0.39 is 5.97 Å². The molecule has 7 nitrogen and oxygen atoms in total. The number of fused-ring (bicyclic) bond motifs is 1. The fraction of sp³-hybridized carbons (Fsp3) is 0.118. The Kier molecular flexibility index (Phi) is 4.15. The van der Waals surface area contributed by atoms with Gasteiger partial charge in [-0.05, 0) is 18.2 Å². The number of esters is 1. The molecular weight excluding hydrogens is 310 g/mol. The van der Waals surface area contributed by atoms with Crippen LogP contribution in [0.3, 0.4) is 0 Å². The number of hydrogen-bond acceptors (Lipinski definition) is 7. The Morgan fingerprint density at radius 3 is 2.58 bits per heavy atom. The van der Waals surface area contributed by atoms with Crippen molar-refractivity contribution >= 4 is 22.6 Å². The van der Waals surface area contributed by atoms with Crippen LogP contribution in [0.15, 0.2) is 42.7 Å². The van der Waals surface area contributed by atoms with Crippen molar-refractivity contribution in [3.8, 4) is 17.4 Å². The number of pyridine rings is 2. The van der Waals surface area contributed by atoms with Gasteiger partial charge in [0.2, 0.25) is 5.88 Å². The van der Waals surface area contributed by atoms with Gasteiger partial charge in [-0.25, -0.2) is 9.78 Å². The average Bonchev–Trinajstić information content (AvgIpc) is 2.62. The Labute approximate surface area is 138 Å². The predicted octanol–water partition coefficient (Wildman–Crippen LogP) is 2.80. The van der Waals surface area contributed by atoms with Crippen molar-refractivity contribution in [2.75, 3.05) is 20.0 Å². The van der Waals surface area contributed by atoms with Crippen molar-refractivity contribution in [2.24, 2.45) is 0 Å². The van der Waals surface area contributed by atoms with E-state index in [4.69, 9.17) is 19.9 Å². The number of rotatable bonds is 4. The highest BCUT2D eigenvalue weighted by atomic mass is 16.5. The summed E-state index contributed by atoms with van der Waals surface area (Å²) in [5.74, 6) is 0.760. The van der Waals surface area contributed by atoms with Crippen LogP contribution in [-0.4, -0.2) is 30.2 Å². The fourth-order valence-corrected chi connectivity index (χ4v) is 2.24. The van der Waals surface area contributed by atoms with Gasteiger partial charge in [0, 0.05) is 23.7 Å². The number of nitrogens with zero attached hydrogens (tertiary/aromatic N) is 2. The minimum atomic E-state index is -0.505. The van der Waals surface area contributed by atoms with Crippen molar-refractivity contribution in [3.05, 3.63) is 48.3 Å². The average molecular weight is 325 g/mol. The standard InChI is InChI=1S/C17H15N3O4/c1-22-15-8-13-11(7-12(15)17(21)23-2)14(5-6-19-13)24-16-4-3-10(18)9-20-16/h3-9H,18H2,1-2H3. The van der Waals surface area contributed by atoms with Crippen LogP contribution in [0.5, 0.6) is 17.4 Å². The molecule has 0 saturated heterocycles. The quantitative estimate of drug-likeness (QED) is 0.737. The molecule has 0 fully saturated rings. The third-order valence-electron chi connectivity index (χ3n) is 3.40. The second kappa shape index (κ2) is 6.41. The number of methoxy groups -OCH3 is 2. The van der Waals surface area contributed by atoms with Gasteiger partial charge in [-0.15, -0.1) is 0 Å². The van der Waals surface area contributed by atoms with Gasteiger partial charge >= 0.3 is 5.97 Å². The Morgan fingerprint density at radius 2 is 1.92 bits per heavy atom. The summed E-state index contributed by atoms with van der Waals surface area (Å²) in [7, 11) is 2.79. The smallest absolute Gasteiger partial charge is 0.341 e. The monoisotopic (exact) mass is 325 g/mol. The highest BCUT2D eigenvalue weighted by molar-refractivity contribution is 5.99. The van der Waals surface area contributed by atoms with E-state index in [9.17, 15) is 4.79 Å². The van der Waals surface area contributed by atoms with Crippen LogP contribution in [0.25, 0.3) is 10.9 Å². The first kappa shape index (κ1) is 15.5. The zero-order chi connectivity index (χ0) is 17.1. The molecule has 1 aromatic carbocycles. The van der Waals surface area contributed by atoms with Gasteiger partial charge in [-0.2, -0.15) is 0 Å². The molecule has 0 radical (unpaired) electrons. The summed E-state index contributed by atoms with van der Waals surface area (Å²) in [6.07, 6.45) is 3.11.